The van der Waals surface area contributed by atoms with Crippen molar-refractivity contribution in [3.05, 3.63) is 46.2 Å². The van der Waals surface area contributed by atoms with Crippen LogP contribution in [0.1, 0.15) is 28.7 Å². The summed E-state index contributed by atoms with van der Waals surface area (Å²) in [4.78, 5) is 12.2. The zero-order valence-corrected chi connectivity index (χ0v) is 11.7. The van der Waals surface area contributed by atoms with Crippen molar-refractivity contribution in [3.63, 3.8) is 0 Å². The largest absolute Gasteiger partial charge is 0.398 e. The molecule has 0 bridgehead atoms. The third-order valence-electron chi connectivity index (χ3n) is 3.05. The molecule has 2 rings (SSSR count). The van der Waals surface area contributed by atoms with Gasteiger partial charge < -0.3 is 5.73 Å². The second-order valence-electron chi connectivity index (χ2n) is 4.44. The number of Topliss-reactive ketones (excluding diaryl/α,β-unsaturated/α-hetero) is 1. The number of hydrogen-bond acceptors (Lipinski definition) is 3. The van der Waals surface area contributed by atoms with Gasteiger partial charge in [-0.25, -0.2) is 0 Å². The molecule has 0 amide bonds. The van der Waals surface area contributed by atoms with Crippen molar-refractivity contribution in [2.24, 2.45) is 7.05 Å². The molecular weight excluding hydrogens is 262 g/mol. The second kappa shape index (κ2) is 5.45. The van der Waals surface area contributed by atoms with Gasteiger partial charge in [0.1, 0.15) is 0 Å². The highest BCUT2D eigenvalue weighted by Gasteiger charge is 2.12. The van der Waals surface area contributed by atoms with E-state index in [1.807, 2.05) is 20.0 Å². The van der Waals surface area contributed by atoms with E-state index in [9.17, 15) is 4.79 Å². The van der Waals surface area contributed by atoms with Crippen LogP contribution >= 0.6 is 11.6 Å². The molecule has 0 atom stereocenters. The molecule has 0 aliphatic carbocycles. The van der Waals surface area contributed by atoms with Gasteiger partial charge in [-0.2, -0.15) is 5.10 Å². The zero-order chi connectivity index (χ0) is 14.0. The van der Waals surface area contributed by atoms with Crippen LogP contribution < -0.4 is 5.73 Å². The first-order valence-electron chi connectivity index (χ1n) is 6.11. The van der Waals surface area contributed by atoms with E-state index in [1.54, 1.807) is 22.9 Å². The molecule has 0 aliphatic heterocycles. The average Bonchev–Trinajstić information content (AvgIpc) is 2.73. The van der Waals surface area contributed by atoms with Crippen LogP contribution in [0.4, 0.5) is 5.69 Å². The predicted molar refractivity (Wildman–Crippen MR) is 76.5 cm³/mol. The van der Waals surface area contributed by atoms with E-state index in [0.717, 1.165) is 17.8 Å². The Morgan fingerprint density at radius 1 is 1.42 bits per heavy atom. The fourth-order valence-corrected chi connectivity index (χ4v) is 2.06. The number of anilines is 1. The summed E-state index contributed by atoms with van der Waals surface area (Å²) in [5, 5.41) is 4.73. The second-order valence-corrected chi connectivity index (χ2v) is 4.85. The van der Waals surface area contributed by atoms with Crippen LogP contribution in [0, 0.1) is 0 Å². The van der Waals surface area contributed by atoms with Gasteiger partial charge in [-0.3, -0.25) is 9.48 Å². The van der Waals surface area contributed by atoms with Crippen molar-refractivity contribution in [2.45, 2.75) is 19.8 Å². The van der Waals surface area contributed by atoms with Crippen molar-refractivity contribution in [1.29, 1.82) is 0 Å². The lowest BCUT2D eigenvalue weighted by Crippen LogP contribution is -2.08. The van der Waals surface area contributed by atoms with E-state index in [-0.39, 0.29) is 5.78 Å². The molecule has 0 radical (unpaired) electrons. The lowest BCUT2D eigenvalue weighted by atomic mass is 10.1. The molecule has 0 unspecified atom stereocenters. The Labute approximate surface area is 117 Å². The van der Waals surface area contributed by atoms with Gasteiger partial charge in [-0.15, -0.1) is 0 Å². The lowest BCUT2D eigenvalue weighted by Gasteiger charge is -2.04. The Kier molecular flexibility index (Phi) is 3.90. The van der Waals surface area contributed by atoms with Crippen molar-refractivity contribution in [1.82, 2.24) is 9.78 Å². The number of halogens is 1. The Hall–Kier alpha value is -1.81. The fourth-order valence-electron chi connectivity index (χ4n) is 1.88. The molecule has 5 heteroatoms. The van der Waals surface area contributed by atoms with Crippen LogP contribution in [0.2, 0.25) is 5.02 Å². The zero-order valence-electron chi connectivity index (χ0n) is 11.0. The van der Waals surface area contributed by atoms with Gasteiger partial charge >= 0.3 is 0 Å². The normalized spacial score (nSPS) is 10.7. The van der Waals surface area contributed by atoms with E-state index in [0.29, 0.717) is 22.7 Å². The molecule has 19 heavy (non-hydrogen) atoms. The minimum atomic E-state index is 0.00699. The fraction of sp³-hybridized carbons (Fsp3) is 0.286. The molecule has 2 N–H and O–H groups in total. The molecule has 100 valence electrons. The van der Waals surface area contributed by atoms with Crippen molar-refractivity contribution >= 4 is 23.1 Å². The molecule has 0 aliphatic rings. The molecule has 2 aromatic rings. The molecular formula is C14H16ClN3O. The van der Waals surface area contributed by atoms with Crippen LogP contribution in [-0.4, -0.2) is 15.6 Å². The van der Waals surface area contributed by atoms with Crippen LogP contribution in [0.15, 0.2) is 24.3 Å². The van der Waals surface area contributed by atoms with Crippen molar-refractivity contribution < 1.29 is 4.79 Å². The summed E-state index contributed by atoms with van der Waals surface area (Å²) >= 11 is 5.92. The predicted octanol–water partition coefficient (Wildman–Crippen LogP) is 2.64. The van der Waals surface area contributed by atoms with E-state index in [4.69, 9.17) is 17.3 Å². The summed E-state index contributed by atoms with van der Waals surface area (Å²) in [6, 6.07) is 6.91. The number of hydrogen-bond donors (Lipinski definition) is 1. The summed E-state index contributed by atoms with van der Waals surface area (Å²) in [5.74, 6) is 0.00699. The highest BCUT2D eigenvalue weighted by molar-refractivity contribution is 6.33. The third-order valence-corrected chi connectivity index (χ3v) is 3.38. The Bertz CT molecular complexity index is 619. The number of aryl methyl sites for hydroxylation is 2. The highest BCUT2D eigenvalue weighted by Crippen LogP contribution is 2.20. The van der Waals surface area contributed by atoms with Gasteiger partial charge in [0.2, 0.25) is 0 Å². The quantitative estimate of drug-likeness (QED) is 0.690. The molecule has 1 heterocycles. The lowest BCUT2D eigenvalue weighted by molar-refractivity contribution is 0.0991. The number of ketones is 1. The SMILES string of the molecule is CCc1cc(CC(=O)c2ccc(N)c(Cl)c2)n(C)n1. The maximum absolute atomic E-state index is 12.2. The smallest absolute Gasteiger partial charge is 0.168 e. The van der Waals surface area contributed by atoms with Crippen LogP contribution in [0.25, 0.3) is 0 Å². The van der Waals surface area contributed by atoms with Gasteiger partial charge in [-0.1, -0.05) is 18.5 Å². The number of aromatic nitrogens is 2. The number of carbonyl (C=O) groups is 1. The van der Waals surface area contributed by atoms with Gasteiger partial charge in [-0.05, 0) is 30.7 Å². The standard InChI is InChI=1S/C14H16ClN3O/c1-3-10-7-11(18(2)17-10)8-14(19)9-4-5-13(16)12(15)6-9/h4-7H,3,8,16H2,1-2H3. The van der Waals surface area contributed by atoms with Gasteiger partial charge in [0, 0.05) is 18.3 Å². The molecule has 0 saturated heterocycles. The van der Waals surface area contributed by atoms with Crippen molar-refractivity contribution in [3.8, 4) is 0 Å². The first-order valence-corrected chi connectivity index (χ1v) is 6.49. The number of nitrogens with zero attached hydrogens (tertiary/aromatic N) is 2. The molecule has 0 saturated carbocycles. The van der Waals surface area contributed by atoms with Gasteiger partial charge in [0.05, 0.1) is 22.8 Å². The summed E-state index contributed by atoms with van der Waals surface area (Å²) in [6.45, 7) is 2.04. The minimum absolute atomic E-state index is 0.00699. The topological polar surface area (TPSA) is 60.9 Å². The number of benzene rings is 1. The molecule has 1 aromatic heterocycles. The number of carbonyl (C=O) groups excluding carboxylic acids is 1. The monoisotopic (exact) mass is 277 g/mol. The van der Waals surface area contributed by atoms with Crippen LogP contribution in [0.5, 0.6) is 0 Å². The van der Waals surface area contributed by atoms with E-state index in [2.05, 4.69) is 5.10 Å². The van der Waals surface area contributed by atoms with Crippen LogP contribution in [0.3, 0.4) is 0 Å². The Morgan fingerprint density at radius 3 is 2.74 bits per heavy atom. The van der Waals surface area contributed by atoms with Crippen LogP contribution in [-0.2, 0) is 19.9 Å². The van der Waals surface area contributed by atoms with Gasteiger partial charge in [0.25, 0.3) is 0 Å². The Balaban J connectivity index is 2.20. The molecule has 1 aromatic carbocycles. The minimum Gasteiger partial charge on any atom is -0.398 e. The van der Waals surface area contributed by atoms with E-state index < -0.39 is 0 Å². The van der Waals surface area contributed by atoms with Gasteiger partial charge in [0.15, 0.2) is 5.78 Å². The highest BCUT2D eigenvalue weighted by atomic mass is 35.5. The summed E-state index contributed by atoms with van der Waals surface area (Å²) in [7, 11) is 1.84. The number of nitrogen functional groups attached to an aromatic ring is 1. The maximum Gasteiger partial charge on any atom is 0.168 e. The van der Waals surface area contributed by atoms with Crippen molar-refractivity contribution in [2.75, 3.05) is 5.73 Å². The number of rotatable bonds is 4. The molecule has 4 nitrogen and oxygen atoms in total. The molecule has 0 spiro atoms. The third kappa shape index (κ3) is 2.96. The van der Waals surface area contributed by atoms with E-state index >= 15 is 0 Å². The summed E-state index contributed by atoms with van der Waals surface area (Å²) in [6.07, 6.45) is 1.17. The summed E-state index contributed by atoms with van der Waals surface area (Å²) in [5.41, 5.74) is 8.56. The maximum atomic E-state index is 12.2. The number of nitrogens with two attached hydrogens (primary N) is 1. The molecule has 0 fully saturated rings. The first-order chi connectivity index (χ1) is 9.01. The van der Waals surface area contributed by atoms with E-state index in [1.165, 1.54) is 0 Å². The first kappa shape index (κ1) is 13.6. The average molecular weight is 278 g/mol. The Morgan fingerprint density at radius 2 is 2.16 bits per heavy atom. The summed E-state index contributed by atoms with van der Waals surface area (Å²) < 4.78 is 1.75.